The highest BCUT2D eigenvalue weighted by Crippen LogP contribution is 2.20. The van der Waals surface area contributed by atoms with Crippen LogP contribution in [0.5, 0.6) is 0 Å². The topological polar surface area (TPSA) is 53.9 Å². The number of carbonyl (C=O) groups excluding carboxylic acids is 2. The highest BCUT2D eigenvalue weighted by molar-refractivity contribution is 6.33. The smallest absolute Gasteiger partial charge is 0.279 e. The number of hydrogen-bond donors (Lipinski definition) is 2. The zero-order chi connectivity index (χ0) is 17.5. The van der Waals surface area contributed by atoms with Crippen LogP contribution in [0.2, 0.25) is 5.02 Å². The van der Waals surface area contributed by atoms with Crippen molar-refractivity contribution in [3.63, 3.8) is 0 Å². The molecule has 1 aromatic carbocycles. The number of quaternary nitrogens is 1. The maximum atomic E-state index is 12.5. The maximum absolute atomic E-state index is 12.5. The monoisotopic (exact) mass is 352 g/mol. The number of halogens is 1. The molecule has 1 heterocycles. The van der Waals surface area contributed by atoms with Crippen molar-refractivity contribution in [3.8, 4) is 0 Å². The van der Waals surface area contributed by atoms with E-state index in [0.29, 0.717) is 23.3 Å². The summed E-state index contributed by atoms with van der Waals surface area (Å²) in [5.74, 6) is 0.00341. The quantitative estimate of drug-likeness (QED) is 0.816. The Morgan fingerprint density at radius 2 is 2.04 bits per heavy atom. The third-order valence-electron chi connectivity index (χ3n) is 4.48. The van der Waals surface area contributed by atoms with Crippen molar-refractivity contribution in [2.24, 2.45) is 0 Å². The minimum atomic E-state index is -0.140. The maximum Gasteiger partial charge on any atom is 0.279 e. The number of likely N-dealkylation sites (N-methyl/N-ethyl adjacent to an activating group) is 1. The fourth-order valence-electron chi connectivity index (χ4n) is 3.21. The summed E-state index contributed by atoms with van der Waals surface area (Å²) in [6.07, 6.45) is 4.37. The zero-order valence-electron chi connectivity index (χ0n) is 14.5. The van der Waals surface area contributed by atoms with E-state index in [0.717, 1.165) is 30.7 Å². The molecule has 1 unspecified atom stereocenters. The van der Waals surface area contributed by atoms with Gasteiger partial charge in [-0.3, -0.25) is 9.59 Å². The molecule has 24 heavy (non-hydrogen) atoms. The first-order chi connectivity index (χ1) is 11.5. The van der Waals surface area contributed by atoms with Crippen molar-refractivity contribution in [2.75, 3.05) is 32.0 Å². The van der Waals surface area contributed by atoms with Crippen LogP contribution in [0.4, 0.5) is 5.69 Å². The molecule has 1 aromatic rings. The predicted molar refractivity (Wildman–Crippen MR) is 96.3 cm³/mol. The van der Waals surface area contributed by atoms with Crippen molar-refractivity contribution < 1.29 is 14.5 Å². The fraction of sp³-hybridized carbons (Fsp3) is 0.556. The van der Waals surface area contributed by atoms with E-state index < -0.39 is 0 Å². The second kappa shape index (κ2) is 9.04. The van der Waals surface area contributed by atoms with Gasteiger partial charge in [-0.2, -0.15) is 0 Å². The predicted octanol–water partition coefficient (Wildman–Crippen LogP) is 1.58. The van der Waals surface area contributed by atoms with Gasteiger partial charge in [0, 0.05) is 12.6 Å². The standard InChI is InChI=1S/C18H26ClN3O2/c1-3-14-8-6-7-11-22(14)18(24)13-21(2)12-17(23)20-16-10-5-4-9-15(16)19/h4-5,9-10,14H,3,6-8,11-13H2,1-2H3,(H,20,23)/p+1/t14-/m1/s1. The van der Waals surface area contributed by atoms with Gasteiger partial charge in [0.05, 0.1) is 17.8 Å². The van der Waals surface area contributed by atoms with E-state index in [-0.39, 0.29) is 18.4 Å². The Labute approximate surface area is 149 Å². The number of likely N-dealkylation sites (tertiary alicyclic amines) is 1. The molecule has 0 aromatic heterocycles. The van der Waals surface area contributed by atoms with Crippen LogP contribution in [-0.4, -0.2) is 49.4 Å². The summed E-state index contributed by atoms with van der Waals surface area (Å²) < 4.78 is 0. The Balaban J connectivity index is 1.83. The van der Waals surface area contributed by atoms with E-state index >= 15 is 0 Å². The minimum Gasteiger partial charge on any atom is -0.335 e. The van der Waals surface area contributed by atoms with Crippen molar-refractivity contribution >= 4 is 29.1 Å². The first-order valence-corrected chi connectivity index (χ1v) is 9.04. The molecule has 2 amide bonds. The van der Waals surface area contributed by atoms with Gasteiger partial charge in [0.1, 0.15) is 0 Å². The molecule has 1 aliphatic heterocycles. The van der Waals surface area contributed by atoms with Crippen molar-refractivity contribution in [1.82, 2.24) is 4.90 Å². The lowest BCUT2D eigenvalue weighted by Crippen LogP contribution is -3.11. The largest absolute Gasteiger partial charge is 0.335 e. The van der Waals surface area contributed by atoms with Gasteiger partial charge in [0.25, 0.3) is 11.8 Å². The molecule has 1 aliphatic rings. The minimum absolute atomic E-state index is 0.140. The highest BCUT2D eigenvalue weighted by Gasteiger charge is 2.27. The fourth-order valence-corrected chi connectivity index (χ4v) is 3.39. The van der Waals surface area contributed by atoms with Gasteiger partial charge in [-0.15, -0.1) is 0 Å². The molecular formula is C18H27ClN3O2+. The summed E-state index contributed by atoms with van der Waals surface area (Å²) in [5, 5.41) is 3.31. The number of benzene rings is 1. The van der Waals surface area contributed by atoms with Crippen molar-refractivity contribution in [3.05, 3.63) is 29.3 Å². The number of carbonyl (C=O) groups is 2. The molecule has 0 bridgehead atoms. The van der Waals surface area contributed by atoms with Crippen LogP contribution in [-0.2, 0) is 9.59 Å². The van der Waals surface area contributed by atoms with Gasteiger partial charge >= 0.3 is 0 Å². The number of rotatable bonds is 6. The highest BCUT2D eigenvalue weighted by atomic mass is 35.5. The molecule has 1 fully saturated rings. The lowest BCUT2D eigenvalue weighted by atomic mass is 10.00. The average molecular weight is 353 g/mol. The van der Waals surface area contributed by atoms with Gasteiger partial charge in [0.15, 0.2) is 13.1 Å². The number of para-hydroxylation sites is 1. The van der Waals surface area contributed by atoms with Crippen LogP contribution in [0.3, 0.4) is 0 Å². The molecule has 6 heteroatoms. The van der Waals surface area contributed by atoms with Crippen LogP contribution in [0, 0.1) is 0 Å². The third kappa shape index (κ3) is 5.21. The van der Waals surface area contributed by atoms with Crippen LogP contribution in [0.15, 0.2) is 24.3 Å². The summed E-state index contributed by atoms with van der Waals surface area (Å²) in [4.78, 5) is 27.5. The molecular weight excluding hydrogens is 326 g/mol. The van der Waals surface area contributed by atoms with Crippen LogP contribution >= 0.6 is 11.6 Å². The first kappa shape index (κ1) is 18.7. The van der Waals surface area contributed by atoms with E-state index in [2.05, 4.69) is 12.2 Å². The number of anilines is 1. The molecule has 0 saturated carbocycles. The number of piperidine rings is 1. The van der Waals surface area contributed by atoms with E-state index in [1.807, 2.05) is 24.1 Å². The van der Waals surface area contributed by atoms with Gasteiger partial charge in [-0.05, 0) is 37.8 Å². The summed E-state index contributed by atoms with van der Waals surface area (Å²) in [7, 11) is 1.87. The Kier molecular flexibility index (Phi) is 7.06. The van der Waals surface area contributed by atoms with Crippen LogP contribution in [0.25, 0.3) is 0 Å². The molecule has 132 valence electrons. The van der Waals surface area contributed by atoms with Gasteiger partial charge in [-0.1, -0.05) is 30.7 Å². The summed E-state index contributed by atoms with van der Waals surface area (Å²) in [6, 6.07) is 7.49. The van der Waals surface area contributed by atoms with Gasteiger partial charge in [-0.25, -0.2) is 0 Å². The number of amides is 2. The lowest BCUT2D eigenvalue weighted by molar-refractivity contribution is -0.862. The Morgan fingerprint density at radius 1 is 1.29 bits per heavy atom. The zero-order valence-corrected chi connectivity index (χ0v) is 15.2. The normalized spacial score (nSPS) is 19.0. The molecule has 0 spiro atoms. The summed E-state index contributed by atoms with van der Waals surface area (Å²) in [6.45, 7) is 3.55. The Hall–Kier alpha value is -1.59. The van der Waals surface area contributed by atoms with E-state index in [1.165, 1.54) is 6.42 Å². The Morgan fingerprint density at radius 3 is 2.75 bits per heavy atom. The van der Waals surface area contributed by atoms with Gasteiger partial charge < -0.3 is 15.1 Å². The number of nitrogens with zero attached hydrogens (tertiary/aromatic N) is 1. The van der Waals surface area contributed by atoms with Crippen LogP contribution < -0.4 is 10.2 Å². The van der Waals surface area contributed by atoms with Crippen molar-refractivity contribution in [1.29, 1.82) is 0 Å². The van der Waals surface area contributed by atoms with Crippen molar-refractivity contribution in [2.45, 2.75) is 38.6 Å². The van der Waals surface area contributed by atoms with Crippen LogP contribution in [0.1, 0.15) is 32.6 Å². The summed E-state index contributed by atoms with van der Waals surface area (Å²) >= 11 is 6.04. The molecule has 2 N–H and O–H groups in total. The Bertz CT molecular complexity index is 579. The second-order valence-electron chi connectivity index (χ2n) is 6.48. The molecule has 5 nitrogen and oxygen atoms in total. The number of hydrogen-bond acceptors (Lipinski definition) is 2. The molecule has 2 rings (SSSR count). The van der Waals surface area contributed by atoms with E-state index in [4.69, 9.17) is 11.6 Å². The first-order valence-electron chi connectivity index (χ1n) is 8.66. The average Bonchev–Trinajstić information content (AvgIpc) is 2.56. The molecule has 0 aliphatic carbocycles. The lowest BCUT2D eigenvalue weighted by Gasteiger charge is -2.35. The van der Waals surface area contributed by atoms with Gasteiger partial charge in [0.2, 0.25) is 0 Å². The summed E-state index contributed by atoms with van der Waals surface area (Å²) in [5.41, 5.74) is 0.602. The SMILES string of the molecule is CC[C@@H]1CCCCN1C(=O)C[NH+](C)CC(=O)Nc1ccccc1Cl. The molecule has 0 radical (unpaired) electrons. The third-order valence-corrected chi connectivity index (χ3v) is 4.81. The van der Waals surface area contributed by atoms with E-state index in [1.54, 1.807) is 12.1 Å². The van der Waals surface area contributed by atoms with E-state index in [9.17, 15) is 9.59 Å². The molecule has 1 saturated heterocycles. The molecule has 2 atom stereocenters. The number of nitrogens with one attached hydrogen (secondary N) is 2. The second-order valence-corrected chi connectivity index (χ2v) is 6.89.